The van der Waals surface area contributed by atoms with Gasteiger partial charge in [-0.3, -0.25) is 9.59 Å². The van der Waals surface area contributed by atoms with E-state index >= 15 is 0 Å². The third-order valence-electron chi connectivity index (χ3n) is 4.24. The zero-order valence-corrected chi connectivity index (χ0v) is 20.7. The number of anilines is 2. The summed E-state index contributed by atoms with van der Waals surface area (Å²) < 4.78 is 6.98. The minimum Gasteiger partial charge on any atom is -0.495 e. The van der Waals surface area contributed by atoms with Gasteiger partial charge in [0.15, 0.2) is 0 Å². The van der Waals surface area contributed by atoms with Crippen LogP contribution in [-0.2, 0) is 6.42 Å². The summed E-state index contributed by atoms with van der Waals surface area (Å²) in [6.45, 7) is 3.95. The highest BCUT2D eigenvalue weighted by Crippen LogP contribution is 2.37. The molecule has 9 heteroatoms. The summed E-state index contributed by atoms with van der Waals surface area (Å²) in [6, 6.07) is 8.97. The van der Waals surface area contributed by atoms with Gasteiger partial charge in [0.1, 0.15) is 10.8 Å². The Balaban J connectivity index is 1.93. The molecule has 3 rings (SSSR count). The van der Waals surface area contributed by atoms with Crippen LogP contribution in [0.1, 0.15) is 37.4 Å². The first-order valence-corrected chi connectivity index (χ1v) is 11.9. The van der Waals surface area contributed by atoms with Crippen molar-refractivity contribution in [2.75, 3.05) is 17.7 Å². The standard InChI is InChI=1S/C20H18Br2N2O3S2/c1-4-11-10(2)28-20(24-18(25)15-9-12(21)17(22)29-15)16(11)19(26)23-13-7-5-6-8-14(13)27-3/h5-9H,4H2,1-3H3,(H,23,26)(H,24,25). The molecule has 2 heterocycles. The predicted octanol–water partition coefficient (Wildman–Crippen LogP) is 6.72. The summed E-state index contributed by atoms with van der Waals surface area (Å²) in [5.41, 5.74) is 1.99. The van der Waals surface area contributed by atoms with Crippen molar-refractivity contribution in [2.45, 2.75) is 20.3 Å². The second-order valence-corrected chi connectivity index (χ2v) is 10.5. The van der Waals surface area contributed by atoms with Crippen LogP contribution in [0.15, 0.2) is 38.6 Å². The Hall–Kier alpha value is -1.68. The highest BCUT2D eigenvalue weighted by Gasteiger charge is 2.24. The number of halogens is 2. The number of nitrogens with one attached hydrogen (secondary N) is 2. The average Bonchev–Trinajstić information content (AvgIpc) is 3.20. The van der Waals surface area contributed by atoms with Gasteiger partial charge in [0.05, 0.1) is 27.0 Å². The highest BCUT2D eigenvalue weighted by molar-refractivity contribution is 9.13. The molecule has 0 saturated heterocycles. The van der Waals surface area contributed by atoms with E-state index in [1.807, 2.05) is 26.0 Å². The van der Waals surface area contributed by atoms with Gasteiger partial charge in [-0.15, -0.1) is 22.7 Å². The van der Waals surface area contributed by atoms with Crippen molar-refractivity contribution >= 4 is 77.0 Å². The molecule has 1 aromatic carbocycles. The fourth-order valence-corrected chi connectivity index (χ4v) is 5.96. The van der Waals surface area contributed by atoms with E-state index in [-0.39, 0.29) is 11.8 Å². The SMILES string of the molecule is CCc1c(C)sc(NC(=O)c2cc(Br)c(Br)s2)c1C(=O)Nc1ccccc1OC. The molecular formula is C20H18Br2N2O3S2. The van der Waals surface area contributed by atoms with Gasteiger partial charge in [-0.1, -0.05) is 19.1 Å². The number of carbonyl (C=O) groups excluding carboxylic acids is 2. The molecule has 0 unspecified atom stereocenters. The number of methoxy groups -OCH3 is 1. The third kappa shape index (κ3) is 4.74. The summed E-state index contributed by atoms with van der Waals surface area (Å²) >= 11 is 9.53. The predicted molar refractivity (Wildman–Crippen MR) is 127 cm³/mol. The molecule has 2 amide bonds. The summed E-state index contributed by atoms with van der Waals surface area (Å²) in [5, 5.41) is 6.37. The molecule has 29 heavy (non-hydrogen) atoms. The molecule has 0 bridgehead atoms. The number of thiophene rings is 2. The van der Waals surface area contributed by atoms with E-state index in [0.29, 0.717) is 33.3 Å². The van der Waals surface area contributed by atoms with Crippen molar-refractivity contribution < 1.29 is 14.3 Å². The van der Waals surface area contributed by atoms with Crippen LogP contribution in [0.4, 0.5) is 10.7 Å². The first-order valence-electron chi connectivity index (χ1n) is 8.68. The number of ether oxygens (including phenoxy) is 1. The van der Waals surface area contributed by atoms with E-state index in [0.717, 1.165) is 18.7 Å². The van der Waals surface area contributed by atoms with Gasteiger partial charge in [-0.25, -0.2) is 0 Å². The number of aryl methyl sites for hydroxylation is 1. The molecule has 0 atom stereocenters. The first-order chi connectivity index (χ1) is 13.8. The lowest BCUT2D eigenvalue weighted by Crippen LogP contribution is -2.18. The summed E-state index contributed by atoms with van der Waals surface area (Å²) in [5.74, 6) is 0.0425. The number of rotatable bonds is 6. The normalized spacial score (nSPS) is 10.7. The van der Waals surface area contributed by atoms with Crippen molar-refractivity contribution in [3.05, 3.63) is 59.5 Å². The first kappa shape index (κ1) is 22.0. The molecule has 0 spiro atoms. The summed E-state index contributed by atoms with van der Waals surface area (Å²) in [6.07, 6.45) is 0.684. The maximum Gasteiger partial charge on any atom is 0.266 e. The molecular weight excluding hydrogens is 540 g/mol. The van der Waals surface area contributed by atoms with Crippen molar-refractivity contribution in [1.29, 1.82) is 0 Å². The minimum atomic E-state index is -0.278. The monoisotopic (exact) mass is 556 g/mol. The number of amides is 2. The van der Waals surface area contributed by atoms with E-state index < -0.39 is 0 Å². The van der Waals surface area contributed by atoms with E-state index in [4.69, 9.17) is 4.74 Å². The lowest BCUT2D eigenvalue weighted by atomic mass is 10.1. The Kier molecular flexibility index (Phi) is 7.15. The number of benzene rings is 1. The molecule has 0 aliphatic rings. The molecule has 152 valence electrons. The van der Waals surface area contributed by atoms with E-state index in [1.54, 1.807) is 25.3 Å². The van der Waals surface area contributed by atoms with Crippen LogP contribution in [0.2, 0.25) is 0 Å². The summed E-state index contributed by atoms with van der Waals surface area (Å²) in [4.78, 5) is 27.4. The van der Waals surface area contributed by atoms with E-state index in [1.165, 1.54) is 22.7 Å². The van der Waals surface area contributed by atoms with Crippen LogP contribution >= 0.6 is 54.5 Å². The lowest BCUT2D eigenvalue weighted by Gasteiger charge is -2.12. The molecule has 3 aromatic rings. The largest absolute Gasteiger partial charge is 0.495 e. The number of hydrogen-bond donors (Lipinski definition) is 2. The van der Waals surface area contributed by atoms with Gasteiger partial charge in [-0.05, 0) is 69.0 Å². The fraction of sp³-hybridized carbons (Fsp3) is 0.200. The van der Waals surface area contributed by atoms with Gasteiger partial charge in [0.25, 0.3) is 11.8 Å². The minimum absolute atomic E-state index is 0.253. The van der Waals surface area contributed by atoms with Gasteiger partial charge < -0.3 is 15.4 Å². The van der Waals surface area contributed by atoms with Gasteiger partial charge in [0.2, 0.25) is 0 Å². The van der Waals surface area contributed by atoms with Crippen molar-refractivity contribution in [3.8, 4) is 5.75 Å². The van der Waals surface area contributed by atoms with E-state index in [9.17, 15) is 9.59 Å². The average molecular weight is 558 g/mol. The molecule has 2 N–H and O–H groups in total. The number of carbonyl (C=O) groups is 2. The van der Waals surface area contributed by atoms with Gasteiger partial charge in [0, 0.05) is 9.35 Å². The number of hydrogen-bond acceptors (Lipinski definition) is 5. The van der Waals surface area contributed by atoms with E-state index in [2.05, 4.69) is 42.5 Å². The third-order valence-corrected chi connectivity index (χ3v) is 8.56. The van der Waals surface area contributed by atoms with Crippen LogP contribution in [0.25, 0.3) is 0 Å². The molecule has 0 radical (unpaired) electrons. The maximum absolute atomic E-state index is 13.1. The van der Waals surface area contributed by atoms with Crippen LogP contribution in [0, 0.1) is 6.92 Å². The topological polar surface area (TPSA) is 67.4 Å². The Morgan fingerprint density at radius 1 is 1.10 bits per heavy atom. The van der Waals surface area contributed by atoms with Crippen LogP contribution in [-0.4, -0.2) is 18.9 Å². The van der Waals surface area contributed by atoms with Crippen molar-refractivity contribution in [3.63, 3.8) is 0 Å². The Labute approximate surface area is 193 Å². The molecule has 0 aliphatic heterocycles. The van der Waals surface area contributed by atoms with Crippen LogP contribution in [0.5, 0.6) is 5.75 Å². The van der Waals surface area contributed by atoms with Gasteiger partial charge >= 0.3 is 0 Å². The molecule has 0 aliphatic carbocycles. The highest BCUT2D eigenvalue weighted by atomic mass is 79.9. The summed E-state index contributed by atoms with van der Waals surface area (Å²) in [7, 11) is 1.56. The Morgan fingerprint density at radius 2 is 1.83 bits per heavy atom. The zero-order valence-electron chi connectivity index (χ0n) is 15.9. The van der Waals surface area contributed by atoms with Crippen molar-refractivity contribution in [2.24, 2.45) is 0 Å². The van der Waals surface area contributed by atoms with Crippen molar-refractivity contribution in [1.82, 2.24) is 0 Å². The Bertz CT molecular complexity index is 1060. The number of para-hydroxylation sites is 2. The second kappa shape index (κ2) is 9.42. The van der Waals surface area contributed by atoms with Crippen LogP contribution in [0.3, 0.4) is 0 Å². The van der Waals surface area contributed by atoms with Gasteiger partial charge in [-0.2, -0.15) is 0 Å². The molecule has 0 saturated carbocycles. The zero-order chi connectivity index (χ0) is 21.1. The quantitative estimate of drug-likeness (QED) is 0.353. The van der Waals surface area contributed by atoms with Crippen LogP contribution < -0.4 is 15.4 Å². The molecule has 5 nitrogen and oxygen atoms in total. The Morgan fingerprint density at radius 3 is 2.45 bits per heavy atom. The smallest absolute Gasteiger partial charge is 0.266 e. The maximum atomic E-state index is 13.1. The molecule has 0 fully saturated rings. The lowest BCUT2D eigenvalue weighted by molar-refractivity contribution is 0.102. The fourth-order valence-electron chi connectivity index (χ4n) is 2.89. The second-order valence-electron chi connectivity index (χ2n) is 6.04. The molecule has 2 aromatic heterocycles.